The number of hydrogen-bond acceptors (Lipinski definition) is 3. The summed E-state index contributed by atoms with van der Waals surface area (Å²) >= 11 is 0.0880. The number of hydrogen-bond donors (Lipinski definition) is 0. The van der Waals surface area contributed by atoms with Crippen molar-refractivity contribution in [3.05, 3.63) is 0 Å². The molecule has 0 saturated carbocycles. The van der Waals surface area contributed by atoms with Crippen LogP contribution in [0.5, 0.6) is 0 Å². The Balaban J connectivity index is 3.85. The molecule has 0 aromatic carbocycles. The summed E-state index contributed by atoms with van der Waals surface area (Å²) in [6.07, 6.45) is 1.03. The van der Waals surface area contributed by atoms with Gasteiger partial charge in [-0.3, -0.25) is 0 Å². The third kappa shape index (κ3) is 4.83. The van der Waals surface area contributed by atoms with E-state index in [2.05, 4.69) is 2.13 Å². The molecule has 0 atom stereocenters. The van der Waals surface area contributed by atoms with Gasteiger partial charge in [-0.15, -0.1) is 0 Å². The summed E-state index contributed by atoms with van der Waals surface area (Å²) in [7, 11) is -3.09. The fourth-order valence-electron chi connectivity index (χ4n) is 0. The van der Waals surface area contributed by atoms with Crippen LogP contribution in [0.4, 0.5) is 0 Å². The van der Waals surface area contributed by atoms with Crippen LogP contribution in [0, 0.1) is 0 Å². The summed E-state index contributed by atoms with van der Waals surface area (Å²) in [6, 6.07) is 0. The molecule has 0 radical (unpaired) electrons. The Morgan fingerprint density at radius 3 is 1.83 bits per heavy atom. The van der Waals surface area contributed by atoms with Crippen molar-refractivity contribution in [2.45, 2.75) is 0 Å². The molecule has 0 N–H and O–H groups in total. The molecule has 0 aliphatic heterocycles. The van der Waals surface area contributed by atoms with Gasteiger partial charge in [0.25, 0.3) is 0 Å². The molecule has 0 unspecified atom stereocenters. The minimum absolute atomic E-state index is 0.0880. The molecule has 0 fully saturated rings. The van der Waals surface area contributed by atoms with E-state index in [4.69, 9.17) is 0 Å². The standard InChI is InChI=1S/CH4O3S.Tl/c1-5(2,3)4;/h1H3,(H,2,3,4);/q;+1/p-1. The zero-order valence-electron chi connectivity index (χ0n) is 3.21. The Kier molecular flexibility index (Phi) is 2.53. The predicted molar refractivity (Wildman–Crippen MR) is 21.7 cm³/mol. The minimum atomic E-state index is -3.09. The molecule has 0 heterocycles. The van der Waals surface area contributed by atoms with E-state index >= 15 is 0 Å². The Morgan fingerprint density at radius 1 is 1.67 bits per heavy atom. The molecule has 34 valence electrons. The van der Waals surface area contributed by atoms with Crippen molar-refractivity contribution >= 4 is 36.3 Å². The Bertz CT molecular complexity index is 113. The summed E-state index contributed by atoms with van der Waals surface area (Å²) in [5, 5.41) is 0. The summed E-state index contributed by atoms with van der Waals surface area (Å²) in [5.74, 6) is 0. The third-order valence-corrected chi connectivity index (χ3v) is 4.60. The molecule has 6 heavy (non-hydrogen) atoms. The van der Waals surface area contributed by atoms with Gasteiger partial charge in [0.15, 0.2) is 0 Å². The van der Waals surface area contributed by atoms with Gasteiger partial charge in [0.05, 0.1) is 0 Å². The summed E-state index contributed by atoms with van der Waals surface area (Å²) in [6.45, 7) is 0. The van der Waals surface area contributed by atoms with Crippen molar-refractivity contribution in [1.29, 1.82) is 0 Å². The van der Waals surface area contributed by atoms with Crippen LogP contribution < -0.4 is 0 Å². The van der Waals surface area contributed by atoms with E-state index in [0.717, 1.165) is 6.26 Å². The van der Waals surface area contributed by atoms with Gasteiger partial charge in [-0.1, -0.05) is 0 Å². The van der Waals surface area contributed by atoms with Crippen LogP contribution in [-0.2, 0) is 12.3 Å². The fourth-order valence-corrected chi connectivity index (χ4v) is 0. The second-order valence-electron chi connectivity index (χ2n) is 0.800. The molecule has 0 aromatic rings. The monoisotopic (exact) mass is 300 g/mol. The average molecular weight is 299 g/mol. The van der Waals surface area contributed by atoms with Crippen LogP contribution in [0.3, 0.4) is 0 Å². The molecule has 0 rings (SSSR count). The van der Waals surface area contributed by atoms with Crippen LogP contribution in [0.2, 0.25) is 0 Å². The molecule has 0 bridgehead atoms. The van der Waals surface area contributed by atoms with Crippen LogP contribution >= 0.6 is 0 Å². The third-order valence-electron chi connectivity index (χ3n) is 0.175. The molecule has 0 amide bonds. The van der Waals surface area contributed by atoms with Crippen molar-refractivity contribution in [2.75, 3.05) is 6.26 Å². The molecular formula is CH3O3STl. The Morgan fingerprint density at radius 2 is 1.83 bits per heavy atom. The maximum absolute atomic E-state index is 9.82. The Labute approximate surface area is 53.2 Å². The quantitative estimate of drug-likeness (QED) is 0.586. The van der Waals surface area contributed by atoms with Gasteiger partial charge >= 0.3 is 53.1 Å². The molecule has 0 aromatic heterocycles. The fraction of sp³-hybridized carbons (Fsp3) is 1.00. The van der Waals surface area contributed by atoms with Gasteiger partial charge in [0.1, 0.15) is 0 Å². The van der Waals surface area contributed by atoms with Gasteiger partial charge in [-0.25, -0.2) is 0 Å². The molecule has 5 heteroatoms. The topological polar surface area (TPSA) is 43.4 Å². The van der Waals surface area contributed by atoms with Crippen molar-refractivity contribution in [3.8, 4) is 0 Å². The molecular weight excluding hydrogens is 296 g/mol. The summed E-state index contributed by atoms with van der Waals surface area (Å²) in [5.41, 5.74) is 0. The SMILES string of the molecule is CS(=O)(=O)[O][Tl]. The molecule has 0 saturated heterocycles. The van der Waals surface area contributed by atoms with Crippen molar-refractivity contribution < 1.29 is 10.6 Å². The van der Waals surface area contributed by atoms with Crippen molar-refractivity contribution in [2.24, 2.45) is 0 Å². The van der Waals surface area contributed by atoms with E-state index < -0.39 is 10.1 Å². The first-order valence-corrected chi connectivity index (χ1v) is 4.79. The van der Waals surface area contributed by atoms with Crippen LogP contribution in [0.25, 0.3) is 0 Å². The Hall–Kier alpha value is 0.832. The second-order valence-corrected chi connectivity index (χ2v) is 4.65. The van der Waals surface area contributed by atoms with Crippen molar-refractivity contribution in [1.82, 2.24) is 0 Å². The van der Waals surface area contributed by atoms with Crippen molar-refractivity contribution in [3.63, 3.8) is 0 Å². The molecule has 0 spiro atoms. The van der Waals surface area contributed by atoms with Gasteiger partial charge in [-0.2, -0.15) is 0 Å². The molecule has 3 nitrogen and oxygen atoms in total. The van der Waals surface area contributed by atoms with Crippen LogP contribution in [0.1, 0.15) is 0 Å². The zero-order chi connectivity index (χ0) is 5.21. The van der Waals surface area contributed by atoms with Crippen LogP contribution in [-0.4, -0.2) is 40.9 Å². The van der Waals surface area contributed by atoms with E-state index in [9.17, 15) is 8.42 Å². The maximum atomic E-state index is 9.82. The zero-order valence-corrected chi connectivity index (χ0v) is 8.52. The second kappa shape index (κ2) is 2.22. The molecule has 0 aliphatic carbocycles. The first kappa shape index (κ1) is 6.83. The van der Waals surface area contributed by atoms with E-state index in [1.54, 1.807) is 0 Å². The van der Waals surface area contributed by atoms with Gasteiger partial charge < -0.3 is 0 Å². The van der Waals surface area contributed by atoms with Gasteiger partial charge in [0, 0.05) is 0 Å². The van der Waals surface area contributed by atoms with Gasteiger partial charge in [0.2, 0.25) is 0 Å². The van der Waals surface area contributed by atoms with Gasteiger partial charge in [-0.05, 0) is 0 Å². The van der Waals surface area contributed by atoms with Crippen LogP contribution in [0.15, 0.2) is 0 Å². The first-order chi connectivity index (χ1) is 2.56. The normalized spacial score (nSPS) is 11.3. The number of rotatable bonds is 1. The molecule has 0 aliphatic rings. The van der Waals surface area contributed by atoms with E-state index in [1.165, 1.54) is 0 Å². The average Bonchev–Trinajstić information content (AvgIpc) is 1.35. The predicted octanol–water partition coefficient (Wildman–Crippen LogP) is -0.954. The van der Waals surface area contributed by atoms with E-state index in [0.29, 0.717) is 0 Å². The first-order valence-electron chi connectivity index (χ1n) is 1.14. The summed E-state index contributed by atoms with van der Waals surface area (Å²) < 4.78 is 23.7. The summed E-state index contributed by atoms with van der Waals surface area (Å²) in [4.78, 5) is 0. The van der Waals surface area contributed by atoms with E-state index in [-0.39, 0.29) is 26.2 Å². The van der Waals surface area contributed by atoms with E-state index in [1.807, 2.05) is 0 Å².